The maximum atomic E-state index is 11.2. The molecule has 0 heterocycles. The smallest absolute Gasteiger partial charge is 0.313 e. The van der Waals surface area contributed by atoms with Crippen molar-refractivity contribution in [2.45, 2.75) is 26.8 Å². The van der Waals surface area contributed by atoms with Crippen LogP contribution in [0.15, 0.2) is 0 Å². The molecule has 4 nitrogen and oxygen atoms in total. The lowest BCUT2D eigenvalue weighted by Gasteiger charge is -2.16. The summed E-state index contributed by atoms with van der Waals surface area (Å²) in [5.41, 5.74) is 5.49. The molecule has 0 amide bonds. The van der Waals surface area contributed by atoms with E-state index in [1.807, 2.05) is 0 Å². The molecule has 0 saturated heterocycles. The molecule has 2 unspecified atom stereocenters. The first kappa shape index (κ1) is 11.1. The minimum Gasteiger partial charge on any atom is -0.481 e. The Morgan fingerprint density at radius 1 is 1.25 bits per heavy atom. The highest BCUT2D eigenvalue weighted by Crippen LogP contribution is 2.06. The van der Waals surface area contributed by atoms with Gasteiger partial charge in [0.05, 0.1) is 6.04 Å². The van der Waals surface area contributed by atoms with Crippen LogP contribution in [0, 0.1) is 11.8 Å². The van der Waals surface area contributed by atoms with E-state index < -0.39 is 23.7 Å². The SMILES string of the molecule is CC(C(=O)O)C(=O)C(N)C(C)C. The summed E-state index contributed by atoms with van der Waals surface area (Å²) in [4.78, 5) is 21.6. The molecule has 70 valence electrons. The van der Waals surface area contributed by atoms with Crippen LogP contribution < -0.4 is 5.73 Å². The largest absolute Gasteiger partial charge is 0.481 e. The number of hydrogen-bond donors (Lipinski definition) is 2. The van der Waals surface area contributed by atoms with Gasteiger partial charge in [0.15, 0.2) is 5.78 Å². The van der Waals surface area contributed by atoms with E-state index in [1.54, 1.807) is 13.8 Å². The van der Waals surface area contributed by atoms with Gasteiger partial charge >= 0.3 is 5.97 Å². The maximum absolute atomic E-state index is 11.2. The summed E-state index contributed by atoms with van der Waals surface area (Å²) in [7, 11) is 0. The van der Waals surface area contributed by atoms with E-state index in [2.05, 4.69) is 0 Å². The van der Waals surface area contributed by atoms with E-state index in [4.69, 9.17) is 10.8 Å². The van der Waals surface area contributed by atoms with Crippen LogP contribution in [0.2, 0.25) is 0 Å². The van der Waals surface area contributed by atoms with Gasteiger partial charge in [-0.3, -0.25) is 9.59 Å². The topological polar surface area (TPSA) is 80.4 Å². The van der Waals surface area contributed by atoms with Gasteiger partial charge < -0.3 is 10.8 Å². The average molecular weight is 173 g/mol. The van der Waals surface area contributed by atoms with Gasteiger partial charge in [-0.15, -0.1) is 0 Å². The van der Waals surface area contributed by atoms with Crippen LogP contribution in [0.5, 0.6) is 0 Å². The molecule has 0 aromatic rings. The van der Waals surface area contributed by atoms with E-state index in [9.17, 15) is 9.59 Å². The van der Waals surface area contributed by atoms with Gasteiger partial charge in [-0.25, -0.2) is 0 Å². The molecular weight excluding hydrogens is 158 g/mol. The predicted molar refractivity (Wildman–Crippen MR) is 44.6 cm³/mol. The Balaban J connectivity index is 4.29. The predicted octanol–water partition coefficient (Wildman–Crippen LogP) is 0.259. The Kier molecular flexibility index (Phi) is 3.89. The van der Waals surface area contributed by atoms with Gasteiger partial charge in [0.1, 0.15) is 5.92 Å². The van der Waals surface area contributed by atoms with Crippen molar-refractivity contribution in [3.8, 4) is 0 Å². The number of rotatable bonds is 4. The second-order valence-corrected chi connectivity index (χ2v) is 3.23. The van der Waals surface area contributed by atoms with Crippen molar-refractivity contribution in [2.75, 3.05) is 0 Å². The van der Waals surface area contributed by atoms with Crippen LogP contribution in [-0.2, 0) is 9.59 Å². The van der Waals surface area contributed by atoms with Gasteiger partial charge in [-0.05, 0) is 12.8 Å². The molecule has 0 radical (unpaired) electrons. The molecule has 12 heavy (non-hydrogen) atoms. The third-order valence-corrected chi connectivity index (χ3v) is 1.84. The van der Waals surface area contributed by atoms with Crippen LogP contribution in [0.3, 0.4) is 0 Å². The molecule has 0 fully saturated rings. The van der Waals surface area contributed by atoms with Crippen molar-refractivity contribution in [1.29, 1.82) is 0 Å². The van der Waals surface area contributed by atoms with Crippen molar-refractivity contribution in [2.24, 2.45) is 17.6 Å². The Morgan fingerprint density at radius 3 is 1.92 bits per heavy atom. The molecule has 0 rings (SSSR count). The average Bonchev–Trinajstić information content (AvgIpc) is 2.00. The molecule has 0 spiro atoms. The lowest BCUT2D eigenvalue weighted by atomic mass is 9.93. The summed E-state index contributed by atoms with van der Waals surface area (Å²) in [5.74, 6) is -2.53. The summed E-state index contributed by atoms with van der Waals surface area (Å²) >= 11 is 0. The summed E-state index contributed by atoms with van der Waals surface area (Å²) in [5, 5.41) is 8.51. The minimum absolute atomic E-state index is 0.0145. The van der Waals surface area contributed by atoms with Crippen LogP contribution >= 0.6 is 0 Å². The number of carboxylic acids is 1. The molecule has 0 aliphatic rings. The van der Waals surface area contributed by atoms with Gasteiger partial charge in [0.25, 0.3) is 0 Å². The standard InChI is InChI=1S/C8H15NO3/c1-4(2)6(9)7(10)5(3)8(11)12/h4-6H,9H2,1-3H3,(H,11,12). The Bertz CT molecular complexity index is 189. The van der Waals surface area contributed by atoms with Gasteiger partial charge in [0, 0.05) is 0 Å². The first-order valence-electron chi connectivity index (χ1n) is 3.90. The van der Waals surface area contributed by atoms with Crippen molar-refractivity contribution in [3.05, 3.63) is 0 Å². The number of hydrogen-bond acceptors (Lipinski definition) is 3. The molecule has 0 aliphatic carbocycles. The molecule has 2 atom stereocenters. The highest BCUT2D eigenvalue weighted by Gasteiger charge is 2.27. The summed E-state index contributed by atoms with van der Waals surface area (Å²) in [6.45, 7) is 4.93. The monoisotopic (exact) mass is 173 g/mol. The van der Waals surface area contributed by atoms with E-state index >= 15 is 0 Å². The van der Waals surface area contributed by atoms with E-state index in [-0.39, 0.29) is 5.92 Å². The number of nitrogens with two attached hydrogens (primary N) is 1. The number of carbonyl (C=O) groups excluding carboxylic acids is 1. The third kappa shape index (κ3) is 2.62. The lowest BCUT2D eigenvalue weighted by Crippen LogP contribution is -2.41. The number of ketones is 1. The van der Waals surface area contributed by atoms with Crippen LogP contribution in [0.25, 0.3) is 0 Å². The van der Waals surface area contributed by atoms with Crippen LogP contribution in [0.1, 0.15) is 20.8 Å². The van der Waals surface area contributed by atoms with Crippen molar-refractivity contribution in [1.82, 2.24) is 0 Å². The number of aliphatic carboxylic acids is 1. The maximum Gasteiger partial charge on any atom is 0.313 e. The van der Waals surface area contributed by atoms with E-state index in [1.165, 1.54) is 6.92 Å². The second-order valence-electron chi connectivity index (χ2n) is 3.23. The Hall–Kier alpha value is -0.900. The van der Waals surface area contributed by atoms with Gasteiger partial charge in [-0.2, -0.15) is 0 Å². The molecule has 0 aromatic heterocycles. The fourth-order valence-corrected chi connectivity index (χ4v) is 0.739. The fraction of sp³-hybridized carbons (Fsp3) is 0.750. The summed E-state index contributed by atoms with van der Waals surface area (Å²) in [6.07, 6.45) is 0. The zero-order chi connectivity index (χ0) is 9.89. The zero-order valence-corrected chi connectivity index (χ0v) is 7.57. The number of carboxylic acid groups (broad SMARTS) is 1. The summed E-state index contributed by atoms with van der Waals surface area (Å²) in [6, 6.07) is -0.670. The van der Waals surface area contributed by atoms with Crippen molar-refractivity contribution in [3.63, 3.8) is 0 Å². The molecule has 0 bridgehead atoms. The van der Waals surface area contributed by atoms with E-state index in [0.717, 1.165) is 0 Å². The molecular formula is C8H15NO3. The molecule has 3 N–H and O–H groups in total. The van der Waals surface area contributed by atoms with Gasteiger partial charge in [-0.1, -0.05) is 13.8 Å². The zero-order valence-electron chi connectivity index (χ0n) is 7.57. The molecule has 4 heteroatoms. The lowest BCUT2D eigenvalue weighted by molar-refractivity contribution is -0.146. The highest BCUT2D eigenvalue weighted by molar-refractivity contribution is 6.00. The molecule has 0 aromatic carbocycles. The first-order chi connectivity index (χ1) is 5.37. The minimum atomic E-state index is -1.11. The van der Waals surface area contributed by atoms with Crippen molar-refractivity contribution >= 4 is 11.8 Å². The number of Topliss-reactive ketones (excluding diaryl/α,β-unsaturated/α-hetero) is 1. The first-order valence-corrected chi connectivity index (χ1v) is 3.90. The quantitative estimate of drug-likeness (QED) is 0.597. The Morgan fingerprint density at radius 2 is 1.67 bits per heavy atom. The Labute approximate surface area is 71.8 Å². The number of carbonyl (C=O) groups is 2. The second kappa shape index (κ2) is 4.21. The normalized spacial score (nSPS) is 15.8. The summed E-state index contributed by atoms with van der Waals surface area (Å²) < 4.78 is 0. The van der Waals surface area contributed by atoms with Gasteiger partial charge in [0.2, 0.25) is 0 Å². The molecule has 0 aliphatic heterocycles. The van der Waals surface area contributed by atoms with Crippen molar-refractivity contribution < 1.29 is 14.7 Å². The highest BCUT2D eigenvalue weighted by atomic mass is 16.4. The fourth-order valence-electron chi connectivity index (χ4n) is 0.739. The third-order valence-electron chi connectivity index (χ3n) is 1.84. The van der Waals surface area contributed by atoms with E-state index in [0.29, 0.717) is 0 Å². The van der Waals surface area contributed by atoms with Crippen LogP contribution in [0.4, 0.5) is 0 Å². The molecule has 0 saturated carbocycles. The van der Waals surface area contributed by atoms with Crippen LogP contribution in [-0.4, -0.2) is 22.9 Å².